The van der Waals surface area contributed by atoms with E-state index in [9.17, 15) is 9.59 Å². The molecule has 1 aromatic carbocycles. The van der Waals surface area contributed by atoms with Crippen LogP contribution in [0.4, 0.5) is 0 Å². The number of unbranched alkanes of at least 4 members (excludes halogenated alkanes) is 1. The Morgan fingerprint density at radius 3 is 2.57 bits per heavy atom. The molecule has 0 saturated carbocycles. The highest BCUT2D eigenvalue weighted by Crippen LogP contribution is 2.08. The van der Waals surface area contributed by atoms with E-state index in [1.165, 1.54) is 12.1 Å². The number of carbonyl (C=O) groups is 2. The predicted molar refractivity (Wildman–Crippen MR) is 86.4 cm³/mol. The van der Waals surface area contributed by atoms with Gasteiger partial charge in [0.1, 0.15) is 0 Å². The van der Waals surface area contributed by atoms with Gasteiger partial charge in [-0.15, -0.1) is 0 Å². The highest BCUT2D eigenvalue weighted by molar-refractivity contribution is 5.95. The van der Waals surface area contributed by atoms with Crippen LogP contribution in [0.3, 0.4) is 0 Å². The number of aryl methyl sites for hydroxylation is 2. The van der Waals surface area contributed by atoms with Crippen LogP contribution in [0, 0.1) is 6.92 Å². The molecule has 6 heteroatoms. The van der Waals surface area contributed by atoms with Gasteiger partial charge in [0, 0.05) is 19.3 Å². The second-order valence-electron chi connectivity index (χ2n) is 5.43. The van der Waals surface area contributed by atoms with Crippen LogP contribution in [0.15, 0.2) is 30.5 Å². The molecule has 2 aromatic rings. The van der Waals surface area contributed by atoms with Gasteiger partial charge in [-0.2, -0.15) is 5.10 Å². The smallest absolute Gasteiger partial charge is 0.335 e. The number of hydrogen-bond acceptors (Lipinski definition) is 3. The van der Waals surface area contributed by atoms with Crippen molar-refractivity contribution in [3.8, 4) is 0 Å². The lowest BCUT2D eigenvalue weighted by Gasteiger charge is -2.05. The van der Waals surface area contributed by atoms with Gasteiger partial charge in [-0.1, -0.05) is 25.5 Å². The molecule has 0 bridgehead atoms. The molecule has 0 radical (unpaired) electrons. The number of carboxylic acids is 1. The van der Waals surface area contributed by atoms with E-state index < -0.39 is 5.97 Å². The number of hydrogen-bond donors (Lipinski definition) is 2. The highest BCUT2D eigenvalue weighted by atomic mass is 16.4. The molecular formula is C17H21N3O3. The first-order chi connectivity index (χ1) is 11.0. The van der Waals surface area contributed by atoms with E-state index in [2.05, 4.69) is 17.3 Å². The summed E-state index contributed by atoms with van der Waals surface area (Å²) in [5.41, 5.74) is 2.36. The second-order valence-corrected chi connectivity index (χ2v) is 5.43. The van der Waals surface area contributed by atoms with Gasteiger partial charge in [0.2, 0.25) is 0 Å². The first-order valence-electron chi connectivity index (χ1n) is 7.65. The summed E-state index contributed by atoms with van der Waals surface area (Å²) in [5, 5.41) is 16.0. The van der Waals surface area contributed by atoms with E-state index in [1.807, 2.05) is 6.92 Å². The molecule has 0 atom stereocenters. The van der Waals surface area contributed by atoms with Crippen molar-refractivity contribution in [2.75, 3.05) is 0 Å². The Kier molecular flexibility index (Phi) is 5.51. The van der Waals surface area contributed by atoms with Crippen molar-refractivity contribution in [1.29, 1.82) is 0 Å². The summed E-state index contributed by atoms with van der Waals surface area (Å²) in [4.78, 5) is 23.0. The van der Waals surface area contributed by atoms with Gasteiger partial charge in [-0.25, -0.2) is 4.79 Å². The van der Waals surface area contributed by atoms with Gasteiger partial charge in [0.05, 0.1) is 16.8 Å². The number of amides is 1. The van der Waals surface area contributed by atoms with Gasteiger partial charge < -0.3 is 10.4 Å². The van der Waals surface area contributed by atoms with Crippen LogP contribution in [0.2, 0.25) is 0 Å². The summed E-state index contributed by atoms with van der Waals surface area (Å²) in [6, 6.07) is 6.44. The fourth-order valence-electron chi connectivity index (χ4n) is 2.22. The number of carbonyl (C=O) groups excluding carboxylic acids is 1. The number of aromatic nitrogens is 2. The number of nitrogens with one attached hydrogen (secondary N) is 1. The van der Waals surface area contributed by atoms with E-state index in [-0.39, 0.29) is 11.5 Å². The molecule has 23 heavy (non-hydrogen) atoms. The summed E-state index contributed by atoms with van der Waals surface area (Å²) in [7, 11) is 0. The van der Waals surface area contributed by atoms with Crippen molar-refractivity contribution in [3.63, 3.8) is 0 Å². The fourth-order valence-corrected chi connectivity index (χ4v) is 2.22. The van der Waals surface area contributed by atoms with E-state index >= 15 is 0 Å². The third kappa shape index (κ3) is 4.42. The summed E-state index contributed by atoms with van der Waals surface area (Å²) < 4.78 is 1.80. The van der Waals surface area contributed by atoms with Crippen LogP contribution in [0.25, 0.3) is 0 Å². The average molecular weight is 315 g/mol. The Balaban J connectivity index is 1.96. The lowest BCUT2D eigenvalue weighted by molar-refractivity contribution is 0.0696. The fraction of sp³-hybridized carbons (Fsp3) is 0.353. The monoisotopic (exact) mass is 315 g/mol. The van der Waals surface area contributed by atoms with Gasteiger partial charge in [0.15, 0.2) is 0 Å². The molecule has 0 fully saturated rings. The molecular weight excluding hydrogens is 294 g/mol. The Labute approximate surface area is 135 Å². The number of nitrogens with zero attached hydrogens (tertiary/aromatic N) is 2. The second kappa shape index (κ2) is 7.58. The normalized spacial score (nSPS) is 10.5. The minimum Gasteiger partial charge on any atom is -0.478 e. The van der Waals surface area contributed by atoms with Crippen molar-refractivity contribution in [2.24, 2.45) is 0 Å². The van der Waals surface area contributed by atoms with Gasteiger partial charge in [-0.3, -0.25) is 9.48 Å². The van der Waals surface area contributed by atoms with Crippen molar-refractivity contribution >= 4 is 11.9 Å². The molecule has 1 amide bonds. The highest BCUT2D eigenvalue weighted by Gasteiger charge is 2.13. The average Bonchev–Trinajstić information content (AvgIpc) is 2.92. The van der Waals surface area contributed by atoms with Crippen LogP contribution in [0.5, 0.6) is 0 Å². The maximum Gasteiger partial charge on any atom is 0.335 e. The molecule has 0 unspecified atom stereocenters. The Bertz CT molecular complexity index is 690. The molecule has 6 nitrogen and oxygen atoms in total. The minimum absolute atomic E-state index is 0.174. The van der Waals surface area contributed by atoms with Crippen LogP contribution < -0.4 is 5.32 Å². The van der Waals surface area contributed by atoms with Crippen molar-refractivity contribution in [1.82, 2.24) is 15.1 Å². The van der Waals surface area contributed by atoms with Crippen LogP contribution in [-0.4, -0.2) is 26.8 Å². The van der Waals surface area contributed by atoms with E-state index in [1.54, 1.807) is 23.0 Å². The van der Waals surface area contributed by atoms with E-state index in [0.29, 0.717) is 17.8 Å². The maximum absolute atomic E-state index is 12.2. The molecule has 0 saturated heterocycles. The molecule has 0 aliphatic carbocycles. The molecule has 0 aliphatic heterocycles. The van der Waals surface area contributed by atoms with Crippen LogP contribution in [-0.2, 0) is 13.1 Å². The van der Waals surface area contributed by atoms with Gasteiger partial charge >= 0.3 is 5.97 Å². The van der Waals surface area contributed by atoms with E-state index in [4.69, 9.17) is 5.11 Å². The standard InChI is InChI=1S/C17H21N3O3/c1-3-4-9-20-11-15(12(2)19-20)16(21)18-10-13-5-7-14(8-6-13)17(22)23/h5-8,11H,3-4,9-10H2,1-2H3,(H,18,21)(H,22,23). The maximum atomic E-state index is 12.2. The number of rotatable bonds is 7. The Morgan fingerprint density at radius 1 is 1.26 bits per heavy atom. The zero-order chi connectivity index (χ0) is 16.8. The topological polar surface area (TPSA) is 84.2 Å². The Hall–Kier alpha value is -2.63. The van der Waals surface area contributed by atoms with Crippen LogP contribution >= 0.6 is 0 Å². The van der Waals surface area contributed by atoms with Crippen LogP contribution in [0.1, 0.15) is 51.7 Å². The molecule has 122 valence electrons. The molecule has 1 aromatic heterocycles. The molecule has 2 rings (SSSR count). The van der Waals surface area contributed by atoms with Gasteiger partial charge in [-0.05, 0) is 31.0 Å². The Morgan fingerprint density at radius 2 is 1.96 bits per heavy atom. The minimum atomic E-state index is -0.962. The number of aromatic carboxylic acids is 1. The summed E-state index contributed by atoms with van der Waals surface area (Å²) in [6.07, 6.45) is 3.87. The summed E-state index contributed by atoms with van der Waals surface area (Å²) >= 11 is 0. The third-order valence-electron chi connectivity index (χ3n) is 3.59. The first kappa shape index (κ1) is 16.7. The lowest BCUT2D eigenvalue weighted by Crippen LogP contribution is -2.23. The molecule has 1 heterocycles. The first-order valence-corrected chi connectivity index (χ1v) is 7.65. The quantitative estimate of drug-likeness (QED) is 0.822. The van der Waals surface area contributed by atoms with Crippen molar-refractivity contribution in [3.05, 3.63) is 52.8 Å². The van der Waals surface area contributed by atoms with Gasteiger partial charge in [0.25, 0.3) is 5.91 Å². The zero-order valence-electron chi connectivity index (χ0n) is 13.4. The van der Waals surface area contributed by atoms with Crippen molar-refractivity contribution < 1.29 is 14.7 Å². The summed E-state index contributed by atoms with van der Waals surface area (Å²) in [5.74, 6) is -1.14. The lowest BCUT2D eigenvalue weighted by atomic mass is 10.1. The molecule has 0 spiro atoms. The SMILES string of the molecule is CCCCn1cc(C(=O)NCc2ccc(C(=O)O)cc2)c(C)n1. The van der Waals surface area contributed by atoms with E-state index in [0.717, 1.165) is 24.9 Å². The third-order valence-corrected chi connectivity index (χ3v) is 3.59. The molecule has 2 N–H and O–H groups in total. The summed E-state index contributed by atoms with van der Waals surface area (Å²) in [6.45, 7) is 5.08. The largest absolute Gasteiger partial charge is 0.478 e. The number of benzene rings is 1. The van der Waals surface area contributed by atoms with Crippen molar-refractivity contribution in [2.45, 2.75) is 39.8 Å². The predicted octanol–water partition coefficient (Wildman–Crippen LogP) is 2.62. The number of carboxylic acid groups (broad SMARTS) is 1. The molecule has 0 aliphatic rings. The zero-order valence-corrected chi connectivity index (χ0v) is 13.4.